The first-order valence-electron chi connectivity index (χ1n) is 6.94. The van der Waals surface area contributed by atoms with Crippen LogP contribution in [-0.4, -0.2) is 16.5 Å². The van der Waals surface area contributed by atoms with Crippen molar-refractivity contribution in [2.24, 2.45) is 0 Å². The summed E-state index contributed by atoms with van der Waals surface area (Å²) < 4.78 is 0. The molecule has 0 radical (unpaired) electrons. The highest BCUT2D eigenvalue weighted by Gasteiger charge is 2.17. The smallest absolute Gasteiger partial charge is 0.124 e. The average molecular weight is 243 g/mol. The molecule has 1 aliphatic heterocycles. The number of aryl methyl sites for hydroxylation is 2. The van der Waals surface area contributed by atoms with Gasteiger partial charge in [-0.2, -0.15) is 0 Å². The third kappa shape index (κ3) is 2.15. The molecule has 3 nitrogen and oxygen atoms in total. The van der Waals surface area contributed by atoms with Gasteiger partial charge in [-0.05, 0) is 56.5 Å². The minimum absolute atomic E-state index is 0.403. The molecule has 18 heavy (non-hydrogen) atoms. The van der Waals surface area contributed by atoms with Gasteiger partial charge in [-0.15, -0.1) is 0 Å². The molecule has 1 aromatic carbocycles. The van der Waals surface area contributed by atoms with Gasteiger partial charge in [0.15, 0.2) is 0 Å². The molecule has 0 spiro atoms. The monoisotopic (exact) mass is 243 g/mol. The third-order valence-corrected chi connectivity index (χ3v) is 4.01. The van der Waals surface area contributed by atoms with Crippen LogP contribution in [0.25, 0.3) is 11.0 Å². The van der Waals surface area contributed by atoms with E-state index in [1.165, 1.54) is 42.3 Å². The molecule has 1 unspecified atom stereocenters. The molecule has 1 fully saturated rings. The molecule has 1 aliphatic rings. The number of hydrogen-bond acceptors (Lipinski definition) is 2. The van der Waals surface area contributed by atoms with Crippen molar-refractivity contribution in [2.45, 2.75) is 45.6 Å². The highest BCUT2D eigenvalue weighted by Crippen LogP contribution is 2.24. The summed E-state index contributed by atoms with van der Waals surface area (Å²) in [4.78, 5) is 8.25. The maximum absolute atomic E-state index is 4.76. The molecular weight excluding hydrogens is 222 g/mol. The summed E-state index contributed by atoms with van der Waals surface area (Å²) in [5.41, 5.74) is 4.90. The fourth-order valence-corrected chi connectivity index (χ4v) is 2.72. The zero-order chi connectivity index (χ0) is 12.5. The number of aromatic nitrogens is 2. The summed E-state index contributed by atoms with van der Waals surface area (Å²) in [6, 6.07) is 4.79. The Morgan fingerprint density at radius 3 is 2.83 bits per heavy atom. The first kappa shape index (κ1) is 11.7. The maximum Gasteiger partial charge on any atom is 0.124 e. The van der Waals surface area contributed by atoms with Crippen LogP contribution in [0.5, 0.6) is 0 Å². The lowest BCUT2D eigenvalue weighted by Crippen LogP contribution is -2.21. The minimum Gasteiger partial charge on any atom is -0.341 e. The van der Waals surface area contributed by atoms with Gasteiger partial charge in [-0.1, -0.05) is 12.8 Å². The van der Waals surface area contributed by atoms with Gasteiger partial charge in [0.05, 0.1) is 17.1 Å². The van der Waals surface area contributed by atoms with Crippen molar-refractivity contribution in [3.05, 3.63) is 29.1 Å². The van der Waals surface area contributed by atoms with E-state index in [0.29, 0.717) is 6.04 Å². The number of H-pyrrole nitrogens is 1. The molecule has 1 saturated heterocycles. The van der Waals surface area contributed by atoms with E-state index in [1.54, 1.807) is 0 Å². The van der Waals surface area contributed by atoms with Gasteiger partial charge < -0.3 is 10.3 Å². The molecule has 0 bridgehead atoms. The Balaban J connectivity index is 1.96. The summed E-state index contributed by atoms with van der Waals surface area (Å²) in [6.45, 7) is 5.41. The van der Waals surface area contributed by atoms with E-state index in [9.17, 15) is 0 Å². The fraction of sp³-hybridized carbons (Fsp3) is 0.533. The van der Waals surface area contributed by atoms with Crippen molar-refractivity contribution >= 4 is 11.0 Å². The van der Waals surface area contributed by atoms with E-state index in [1.807, 2.05) is 0 Å². The molecule has 96 valence electrons. The predicted molar refractivity (Wildman–Crippen MR) is 74.8 cm³/mol. The van der Waals surface area contributed by atoms with Crippen LogP contribution in [0, 0.1) is 13.8 Å². The van der Waals surface area contributed by atoms with Crippen molar-refractivity contribution in [1.82, 2.24) is 15.3 Å². The lowest BCUT2D eigenvalue weighted by Gasteiger charge is -2.12. The molecule has 0 aliphatic carbocycles. The van der Waals surface area contributed by atoms with Crippen LogP contribution < -0.4 is 5.32 Å². The second kappa shape index (κ2) is 4.73. The van der Waals surface area contributed by atoms with Gasteiger partial charge >= 0.3 is 0 Å². The summed E-state index contributed by atoms with van der Waals surface area (Å²) in [5, 5.41) is 3.59. The Morgan fingerprint density at radius 1 is 1.11 bits per heavy atom. The van der Waals surface area contributed by atoms with Crippen molar-refractivity contribution in [1.29, 1.82) is 0 Å². The highest BCUT2D eigenvalue weighted by molar-refractivity contribution is 5.77. The molecule has 2 heterocycles. The number of fused-ring (bicyclic) bond motifs is 1. The van der Waals surface area contributed by atoms with E-state index in [2.05, 4.69) is 36.3 Å². The van der Waals surface area contributed by atoms with Crippen LogP contribution in [0.2, 0.25) is 0 Å². The summed E-state index contributed by atoms with van der Waals surface area (Å²) in [7, 11) is 0. The van der Waals surface area contributed by atoms with E-state index >= 15 is 0 Å². The SMILES string of the molecule is Cc1cc2nc(C3CCCCCN3)[nH]c2cc1C. The average Bonchev–Trinajstić information content (AvgIpc) is 2.60. The van der Waals surface area contributed by atoms with Gasteiger partial charge in [-0.25, -0.2) is 4.98 Å². The number of rotatable bonds is 1. The number of benzene rings is 1. The topological polar surface area (TPSA) is 40.7 Å². The number of hydrogen-bond donors (Lipinski definition) is 2. The maximum atomic E-state index is 4.76. The molecule has 1 atom stereocenters. The van der Waals surface area contributed by atoms with Gasteiger partial charge in [0.25, 0.3) is 0 Å². The van der Waals surface area contributed by atoms with Gasteiger partial charge in [-0.3, -0.25) is 0 Å². The van der Waals surface area contributed by atoms with Crippen molar-refractivity contribution in [3.8, 4) is 0 Å². The Morgan fingerprint density at radius 2 is 1.94 bits per heavy atom. The largest absolute Gasteiger partial charge is 0.341 e. The lowest BCUT2D eigenvalue weighted by molar-refractivity contribution is 0.513. The Labute approximate surface area is 108 Å². The normalized spacial score (nSPS) is 21.1. The highest BCUT2D eigenvalue weighted by atomic mass is 15.0. The molecule has 3 rings (SSSR count). The van der Waals surface area contributed by atoms with Crippen LogP contribution in [0.3, 0.4) is 0 Å². The molecule has 3 heteroatoms. The molecule has 0 saturated carbocycles. The third-order valence-electron chi connectivity index (χ3n) is 4.01. The zero-order valence-corrected chi connectivity index (χ0v) is 11.2. The second-order valence-electron chi connectivity index (χ2n) is 5.43. The van der Waals surface area contributed by atoms with Gasteiger partial charge in [0.1, 0.15) is 5.82 Å². The van der Waals surface area contributed by atoms with Gasteiger partial charge in [0, 0.05) is 0 Å². The molecule has 2 aromatic rings. The first-order valence-corrected chi connectivity index (χ1v) is 6.94. The quantitative estimate of drug-likeness (QED) is 0.806. The number of imidazole rings is 1. The Kier molecular flexibility index (Phi) is 3.08. The van der Waals surface area contributed by atoms with Crippen LogP contribution >= 0.6 is 0 Å². The van der Waals surface area contributed by atoms with E-state index in [-0.39, 0.29) is 0 Å². The standard InChI is InChI=1S/C15H21N3/c1-10-8-13-14(9-11(10)2)18-15(17-13)12-6-4-3-5-7-16-12/h8-9,12,16H,3-7H2,1-2H3,(H,17,18). The molecule has 1 aromatic heterocycles. The Bertz CT molecular complexity index is 509. The van der Waals surface area contributed by atoms with E-state index in [4.69, 9.17) is 4.98 Å². The first-order chi connectivity index (χ1) is 8.74. The number of aromatic amines is 1. The molecule has 2 N–H and O–H groups in total. The summed E-state index contributed by atoms with van der Waals surface area (Å²) in [6.07, 6.45) is 5.11. The lowest BCUT2D eigenvalue weighted by atomic mass is 10.1. The zero-order valence-electron chi connectivity index (χ0n) is 11.2. The van der Waals surface area contributed by atoms with Crippen LogP contribution in [-0.2, 0) is 0 Å². The second-order valence-corrected chi connectivity index (χ2v) is 5.43. The fourth-order valence-electron chi connectivity index (χ4n) is 2.72. The van der Waals surface area contributed by atoms with E-state index in [0.717, 1.165) is 17.9 Å². The van der Waals surface area contributed by atoms with Crippen LogP contribution in [0.4, 0.5) is 0 Å². The van der Waals surface area contributed by atoms with Crippen molar-refractivity contribution < 1.29 is 0 Å². The van der Waals surface area contributed by atoms with E-state index < -0.39 is 0 Å². The van der Waals surface area contributed by atoms with Crippen LogP contribution in [0.15, 0.2) is 12.1 Å². The van der Waals surface area contributed by atoms with Gasteiger partial charge in [0.2, 0.25) is 0 Å². The van der Waals surface area contributed by atoms with Crippen molar-refractivity contribution in [2.75, 3.05) is 6.54 Å². The van der Waals surface area contributed by atoms with Crippen LogP contribution in [0.1, 0.15) is 48.7 Å². The number of nitrogens with one attached hydrogen (secondary N) is 2. The predicted octanol–water partition coefficient (Wildman–Crippen LogP) is 3.38. The Hall–Kier alpha value is -1.35. The summed E-state index contributed by atoms with van der Waals surface area (Å²) in [5.74, 6) is 1.11. The number of nitrogens with zero attached hydrogens (tertiary/aromatic N) is 1. The molecule has 0 amide bonds. The summed E-state index contributed by atoms with van der Waals surface area (Å²) >= 11 is 0. The molecular formula is C15H21N3. The minimum atomic E-state index is 0.403. The van der Waals surface area contributed by atoms with Crippen molar-refractivity contribution in [3.63, 3.8) is 0 Å².